The molecule has 0 fully saturated rings. The van der Waals surface area contributed by atoms with E-state index in [1.54, 1.807) is 24.3 Å². The number of nitrogens with one attached hydrogen (secondary N) is 1. The minimum absolute atomic E-state index is 0.0275. The smallest absolute Gasteiger partial charge is 0.274 e. The van der Waals surface area contributed by atoms with Crippen molar-refractivity contribution in [1.29, 1.82) is 0 Å². The first-order valence-corrected chi connectivity index (χ1v) is 10.9. The number of anilines is 1. The highest BCUT2D eigenvalue weighted by molar-refractivity contribution is 7.19. The molecule has 1 aliphatic heterocycles. The molecular formula is C25H18F2N4OS. The van der Waals surface area contributed by atoms with Crippen molar-refractivity contribution in [2.45, 2.75) is 6.54 Å². The van der Waals surface area contributed by atoms with E-state index in [9.17, 15) is 13.6 Å². The first-order chi connectivity index (χ1) is 15.9. The van der Waals surface area contributed by atoms with Crippen molar-refractivity contribution in [3.8, 4) is 21.6 Å². The number of hydrogen-bond donors (Lipinski definition) is 1. The van der Waals surface area contributed by atoms with E-state index in [0.29, 0.717) is 16.6 Å². The maximum absolute atomic E-state index is 14.2. The van der Waals surface area contributed by atoms with Gasteiger partial charge in [0.1, 0.15) is 17.3 Å². The van der Waals surface area contributed by atoms with Gasteiger partial charge in [-0.15, -0.1) is 0 Å². The second-order valence-electron chi connectivity index (χ2n) is 7.67. The van der Waals surface area contributed by atoms with E-state index < -0.39 is 11.6 Å². The van der Waals surface area contributed by atoms with Gasteiger partial charge in [0.15, 0.2) is 5.13 Å². The predicted molar refractivity (Wildman–Crippen MR) is 126 cm³/mol. The number of amides is 1. The molecule has 0 saturated carbocycles. The number of halogens is 2. The molecule has 33 heavy (non-hydrogen) atoms. The van der Waals surface area contributed by atoms with Gasteiger partial charge in [-0.1, -0.05) is 42.2 Å². The summed E-state index contributed by atoms with van der Waals surface area (Å²) in [7, 11) is 1.72. The van der Waals surface area contributed by atoms with Crippen molar-refractivity contribution in [3.63, 3.8) is 0 Å². The van der Waals surface area contributed by atoms with Gasteiger partial charge in [-0.3, -0.25) is 9.78 Å². The van der Waals surface area contributed by atoms with Gasteiger partial charge in [0.05, 0.1) is 10.4 Å². The Balaban J connectivity index is 1.58. The van der Waals surface area contributed by atoms with Crippen molar-refractivity contribution < 1.29 is 13.6 Å². The molecule has 0 bridgehead atoms. The summed E-state index contributed by atoms with van der Waals surface area (Å²) < 4.78 is 28.4. The molecule has 164 valence electrons. The quantitative estimate of drug-likeness (QED) is 0.417. The summed E-state index contributed by atoms with van der Waals surface area (Å²) >= 11 is 1.24. The Hall–Kier alpha value is -3.91. The lowest BCUT2D eigenvalue weighted by Gasteiger charge is -2.15. The molecule has 2 aromatic heterocycles. The molecule has 0 spiro atoms. The number of rotatable bonds is 4. The first-order valence-electron chi connectivity index (χ1n) is 10.1. The number of carbonyl (C=O) groups excluding carboxylic acids is 1. The predicted octanol–water partition coefficient (Wildman–Crippen LogP) is 5.82. The van der Waals surface area contributed by atoms with Crippen molar-refractivity contribution >= 4 is 28.1 Å². The molecule has 1 N–H and O–H groups in total. The largest absolute Gasteiger partial charge is 0.336 e. The van der Waals surface area contributed by atoms with E-state index in [1.165, 1.54) is 17.4 Å². The Morgan fingerprint density at radius 3 is 2.64 bits per heavy atom. The standard InChI is InChI=1S/C25H18F2N4OS/c1-14(21-19(26)6-3-7-20(21)27)29-25-30-22-23(33-25)18-11-15(16-5-4-10-28-12-16)8-9-17(18)13-31(2)24(22)32/h3-12H,1,13H2,2H3,(H,29,30). The van der Waals surface area contributed by atoms with Crippen molar-refractivity contribution in [2.24, 2.45) is 0 Å². The van der Waals surface area contributed by atoms with Gasteiger partial charge < -0.3 is 10.2 Å². The molecular weight excluding hydrogens is 442 g/mol. The van der Waals surface area contributed by atoms with Gasteiger partial charge in [0, 0.05) is 37.2 Å². The molecule has 4 aromatic rings. The third-order valence-corrected chi connectivity index (χ3v) is 6.46. The third-order valence-electron chi connectivity index (χ3n) is 5.46. The number of carbonyl (C=O) groups is 1. The fraction of sp³-hybridized carbons (Fsp3) is 0.0800. The lowest BCUT2D eigenvalue weighted by Crippen LogP contribution is -2.25. The van der Waals surface area contributed by atoms with Gasteiger partial charge >= 0.3 is 0 Å². The number of aromatic nitrogens is 2. The molecule has 0 radical (unpaired) electrons. The van der Waals surface area contributed by atoms with Crippen LogP contribution in [0.3, 0.4) is 0 Å². The van der Waals surface area contributed by atoms with Crippen molar-refractivity contribution in [1.82, 2.24) is 14.9 Å². The SMILES string of the molecule is C=C(Nc1nc2c(s1)-c1cc(-c3cccnc3)ccc1CN(C)C2=O)c1c(F)cccc1F. The molecule has 3 heterocycles. The maximum atomic E-state index is 14.2. The average Bonchev–Trinajstić information content (AvgIpc) is 3.19. The fourth-order valence-corrected chi connectivity index (χ4v) is 4.86. The number of pyridine rings is 1. The minimum atomic E-state index is -0.729. The number of hydrogen-bond acceptors (Lipinski definition) is 5. The Labute approximate surface area is 193 Å². The van der Waals surface area contributed by atoms with Crippen LogP contribution in [0.15, 0.2) is 67.5 Å². The number of benzene rings is 2. The molecule has 8 heteroatoms. The Bertz CT molecular complexity index is 1380. The van der Waals surface area contributed by atoms with Crippen LogP contribution >= 0.6 is 11.3 Å². The van der Waals surface area contributed by atoms with Crippen LogP contribution in [0.5, 0.6) is 0 Å². The van der Waals surface area contributed by atoms with Crippen LogP contribution in [0.1, 0.15) is 21.6 Å². The molecule has 0 unspecified atom stereocenters. The van der Waals surface area contributed by atoms with Gasteiger partial charge in [-0.05, 0) is 41.0 Å². The van der Waals surface area contributed by atoms with Crippen LogP contribution < -0.4 is 5.32 Å². The minimum Gasteiger partial charge on any atom is -0.336 e. The van der Waals surface area contributed by atoms with E-state index in [-0.39, 0.29) is 22.9 Å². The molecule has 2 aromatic carbocycles. The summed E-state index contributed by atoms with van der Waals surface area (Å²) in [6.07, 6.45) is 3.49. The summed E-state index contributed by atoms with van der Waals surface area (Å²) in [5, 5.41) is 3.21. The molecule has 1 aliphatic rings. The van der Waals surface area contributed by atoms with Crippen LogP contribution in [-0.4, -0.2) is 27.8 Å². The Kier molecular flexibility index (Phi) is 5.22. The average molecular weight is 461 g/mol. The molecule has 0 atom stereocenters. The molecule has 1 amide bonds. The molecule has 0 saturated heterocycles. The number of nitrogens with zero attached hydrogens (tertiary/aromatic N) is 3. The van der Waals surface area contributed by atoms with Gasteiger partial charge in [-0.25, -0.2) is 13.8 Å². The topological polar surface area (TPSA) is 58.1 Å². The van der Waals surface area contributed by atoms with Crippen LogP contribution in [-0.2, 0) is 6.54 Å². The van der Waals surface area contributed by atoms with Gasteiger partial charge in [-0.2, -0.15) is 0 Å². The molecule has 5 nitrogen and oxygen atoms in total. The number of fused-ring (bicyclic) bond motifs is 3. The van der Waals surface area contributed by atoms with E-state index >= 15 is 0 Å². The fourth-order valence-electron chi connectivity index (χ4n) is 3.83. The van der Waals surface area contributed by atoms with Gasteiger partial charge in [0.2, 0.25) is 0 Å². The summed E-state index contributed by atoms with van der Waals surface area (Å²) in [5.41, 5.74) is 3.84. The Morgan fingerprint density at radius 2 is 1.91 bits per heavy atom. The lowest BCUT2D eigenvalue weighted by atomic mass is 9.99. The highest BCUT2D eigenvalue weighted by atomic mass is 32.1. The molecule has 0 aliphatic carbocycles. The second kappa shape index (κ2) is 8.22. The summed E-state index contributed by atoms with van der Waals surface area (Å²) in [5.74, 6) is -1.68. The van der Waals surface area contributed by atoms with E-state index in [2.05, 4.69) is 21.9 Å². The first kappa shape index (κ1) is 21.0. The van der Waals surface area contributed by atoms with Gasteiger partial charge in [0.25, 0.3) is 5.91 Å². The lowest BCUT2D eigenvalue weighted by molar-refractivity contribution is 0.0783. The highest BCUT2D eigenvalue weighted by Gasteiger charge is 2.29. The van der Waals surface area contributed by atoms with Crippen LogP contribution in [0, 0.1) is 11.6 Å². The maximum Gasteiger partial charge on any atom is 0.274 e. The van der Waals surface area contributed by atoms with Crippen molar-refractivity contribution in [3.05, 3.63) is 96.0 Å². The van der Waals surface area contributed by atoms with E-state index in [0.717, 1.165) is 34.4 Å². The van der Waals surface area contributed by atoms with Crippen molar-refractivity contribution in [2.75, 3.05) is 12.4 Å². The monoisotopic (exact) mass is 460 g/mol. The number of thiazole rings is 1. The zero-order valence-corrected chi connectivity index (χ0v) is 18.4. The van der Waals surface area contributed by atoms with E-state index in [1.807, 2.05) is 30.3 Å². The summed E-state index contributed by atoms with van der Waals surface area (Å²) in [6, 6.07) is 13.5. The second-order valence-corrected chi connectivity index (χ2v) is 8.67. The zero-order valence-electron chi connectivity index (χ0n) is 17.6. The Morgan fingerprint density at radius 1 is 1.12 bits per heavy atom. The zero-order chi connectivity index (χ0) is 23.1. The van der Waals surface area contributed by atoms with E-state index in [4.69, 9.17) is 0 Å². The van der Waals surface area contributed by atoms with Crippen LogP contribution in [0.2, 0.25) is 0 Å². The van der Waals surface area contributed by atoms with Crippen LogP contribution in [0.4, 0.5) is 13.9 Å². The normalized spacial score (nSPS) is 12.7. The molecule has 5 rings (SSSR count). The van der Waals surface area contributed by atoms with Crippen LogP contribution in [0.25, 0.3) is 27.3 Å². The highest BCUT2D eigenvalue weighted by Crippen LogP contribution is 2.41. The summed E-state index contributed by atoms with van der Waals surface area (Å²) in [6.45, 7) is 4.22. The third kappa shape index (κ3) is 3.78. The summed E-state index contributed by atoms with van der Waals surface area (Å²) in [4.78, 5) is 24.0.